The first-order chi connectivity index (χ1) is 12.0. The number of nitrogens with zero attached hydrogens (tertiary/aromatic N) is 2. The molecule has 0 aromatic heterocycles. The van der Waals surface area contributed by atoms with E-state index >= 15 is 0 Å². The summed E-state index contributed by atoms with van der Waals surface area (Å²) in [6, 6.07) is 3.66. The molecule has 0 bridgehead atoms. The van der Waals surface area contributed by atoms with Gasteiger partial charge in [-0.2, -0.15) is 0 Å². The second kappa shape index (κ2) is 6.36. The van der Waals surface area contributed by atoms with E-state index in [1.54, 1.807) is 11.0 Å². The molecule has 1 aliphatic heterocycles. The molecule has 1 aromatic rings. The summed E-state index contributed by atoms with van der Waals surface area (Å²) in [6.07, 6.45) is 5.26. The summed E-state index contributed by atoms with van der Waals surface area (Å²) >= 11 is 0. The minimum atomic E-state index is -0.113. The molecule has 5 nitrogen and oxygen atoms in total. The minimum absolute atomic E-state index is 0.0935. The van der Waals surface area contributed by atoms with Crippen LogP contribution < -0.4 is 0 Å². The highest BCUT2D eigenvalue weighted by molar-refractivity contribution is 5.97. The molecule has 1 heterocycles. The summed E-state index contributed by atoms with van der Waals surface area (Å²) in [6.45, 7) is 4.39. The zero-order valence-corrected chi connectivity index (χ0v) is 14.8. The van der Waals surface area contributed by atoms with E-state index in [0.717, 1.165) is 32.1 Å². The number of fused-ring (bicyclic) bond motifs is 1. The number of phenols is 1. The van der Waals surface area contributed by atoms with E-state index in [0.29, 0.717) is 37.7 Å². The van der Waals surface area contributed by atoms with Crippen molar-refractivity contribution in [3.8, 4) is 5.75 Å². The quantitative estimate of drug-likeness (QED) is 0.896. The van der Waals surface area contributed by atoms with Crippen molar-refractivity contribution in [3.63, 3.8) is 0 Å². The molecule has 2 atom stereocenters. The molecule has 1 aromatic carbocycles. The summed E-state index contributed by atoms with van der Waals surface area (Å²) in [5.41, 5.74) is 2.79. The number of hydrogen-bond acceptors (Lipinski definition) is 3. The lowest BCUT2D eigenvalue weighted by Crippen LogP contribution is -2.51. The summed E-state index contributed by atoms with van der Waals surface area (Å²) in [7, 11) is 0. The Morgan fingerprint density at radius 1 is 1.00 bits per heavy atom. The van der Waals surface area contributed by atoms with Crippen LogP contribution in [-0.2, 0) is 17.6 Å². The third-order valence-corrected chi connectivity index (χ3v) is 6.00. The fraction of sp³-hybridized carbons (Fsp3) is 0.600. The van der Waals surface area contributed by atoms with Gasteiger partial charge in [-0.25, -0.2) is 0 Å². The van der Waals surface area contributed by atoms with Crippen LogP contribution in [0.25, 0.3) is 0 Å². The van der Waals surface area contributed by atoms with Crippen LogP contribution in [0, 0.1) is 11.8 Å². The van der Waals surface area contributed by atoms with Crippen molar-refractivity contribution >= 4 is 11.8 Å². The summed E-state index contributed by atoms with van der Waals surface area (Å²) in [4.78, 5) is 28.8. The van der Waals surface area contributed by atoms with Gasteiger partial charge in [0.25, 0.3) is 5.91 Å². The van der Waals surface area contributed by atoms with Crippen LogP contribution >= 0.6 is 0 Å². The van der Waals surface area contributed by atoms with Crippen LogP contribution in [0.2, 0.25) is 0 Å². The molecule has 25 heavy (non-hydrogen) atoms. The van der Waals surface area contributed by atoms with Crippen molar-refractivity contribution < 1.29 is 14.7 Å². The highest BCUT2D eigenvalue weighted by atomic mass is 16.3. The third-order valence-electron chi connectivity index (χ3n) is 6.00. The monoisotopic (exact) mass is 342 g/mol. The molecule has 2 amide bonds. The Morgan fingerprint density at radius 3 is 2.16 bits per heavy atom. The van der Waals surface area contributed by atoms with Crippen LogP contribution in [-0.4, -0.2) is 52.9 Å². The molecule has 1 saturated heterocycles. The molecule has 3 aliphatic rings. The third kappa shape index (κ3) is 3.12. The van der Waals surface area contributed by atoms with E-state index < -0.39 is 0 Å². The fourth-order valence-electron chi connectivity index (χ4n) is 4.14. The number of benzene rings is 1. The van der Waals surface area contributed by atoms with Gasteiger partial charge in [0.2, 0.25) is 5.91 Å². The predicted molar refractivity (Wildman–Crippen MR) is 94.5 cm³/mol. The first-order valence-corrected chi connectivity index (χ1v) is 9.47. The maximum atomic E-state index is 12.8. The number of aryl methyl sites for hydroxylation is 2. The zero-order chi connectivity index (χ0) is 17.6. The lowest BCUT2D eigenvalue weighted by atomic mass is 9.89. The lowest BCUT2D eigenvalue weighted by molar-refractivity contribution is -0.134. The number of piperazine rings is 1. The zero-order valence-electron chi connectivity index (χ0n) is 14.8. The molecule has 1 saturated carbocycles. The molecule has 1 N–H and O–H groups in total. The average molecular weight is 342 g/mol. The van der Waals surface area contributed by atoms with Crippen molar-refractivity contribution in [2.75, 3.05) is 26.2 Å². The maximum absolute atomic E-state index is 12.8. The standard InChI is InChI=1S/C20H26N2O3/c1-13-10-16(13)19(24)21-6-8-22(9-7-21)20(25)17-11-14-4-2-3-5-15(14)12-18(17)23/h11-13,16,23H,2-10H2,1H3/t13-,16+/m0/s1. The predicted octanol–water partition coefficient (Wildman–Crippen LogP) is 2.21. The van der Waals surface area contributed by atoms with E-state index in [-0.39, 0.29) is 23.5 Å². The van der Waals surface area contributed by atoms with Gasteiger partial charge >= 0.3 is 0 Å². The smallest absolute Gasteiger partial charge is 0.257 e. The second-order valence-electron chi connectivity index (χ2n) is 7.78. The number of rotatable bonds is 2. The topological polar surface area (TPSA) is 60.9 Å². The van der Waals surface area contributed by atoms with Gasteiger partial charge in [0, 0.05) is 32.1 Å². The fourth-order valence-corrected chi connectivity index (χ4v) is 4.14. The van der Waals surface area contributed by atoms with E-state index in [9.17, 15) is 14.7 Å². The van der Waals surface area contributed by atoms with Crippen molar-refractivity contribution in [2.24, 2.45) is 11.8 Å². The Kier molecular flexibility index (Phi) is 4.18. The van der Waals surface area contributed by atoms with Gasteiger partial charge in [0.05, 0.1) is 5.56 Å². The van der Waals surface area contributed by atoms with Gasteiger partial charge in [-0.3, -0.25) is 9.59 Å². The Bertz CT molecular complexity index is 707. The van der Waals surface area contributed by atoms with Crippen LogP contribution in [0.15, 0.2) is 12.1 Å². The Hall–Kier alpha value is -2.04. The first kappa shape index (κ1) is 16.4. The van der Waals surface area contributed by atoms with Gasteiger partial charge in [0.15, 0.2) is 0 Å². The summed E-state index contributed by atoms with van der Waals surface area (Å²) in [5.74, 6) is 0.941. The van der Waals surface area contributed by atoms with E-state index in [1.165, 1.54) is 11.1 Å². The van der Waals surface area contributed by atoms with Crippen LogP contribution in [0.4, 0.5) is 0 Å². The van der Waals surface area contributed by atoms with E-state index in [2.05, 4.69) is 6.92 Å². The number of carbonyl (C=O) groups is 2. The Morgan fingerprint density at radius 2 is 1.56 bits per heavy atom. The van der Waals surface area contributed by atoms with E-state index in [4.69, 9.17) is 0 Å². The first-order valence-electron chi connectivity index (χ1n) is 9.47. The molecule has 5 heteroatoms. The molecule has 2 fully saturated rings. The van der Waals surface area contributed by atoms with Gasteiger partial charge in [-0.15, -0.1) is 0 Å². The van der Waals surface area contributed by atoms with Crippen LogP contribution in [0.1, 0.15) is 47.7 Å². The van der Waals surface area contributed by atoms with Crippen molar-refractivity contribution in [1.82, 2.24) is 9.80 Å². The van der Waals surface area contributed by atoms with Gasteiger partial charge < -0.3 is 14.9 Å². The number of hydrogen-bond donors (Lipinski definition) is 1. The molecule has 2 aliphatic carbocycles. The number of carbonyl (C=O) groups excluding carboxylic acids is 2. The Balaban J connectivity index is 1.43. The van der Waals surface area contributed by atoms with E-state index in [1.807, 2.05) is 11.0 Å². The lowest BCUT2D eigenvalue weighted by Gasteiger charge is -2.35. The number of phenolic OH excluding ortho intramolecular Hbond substituents is 1. The minimum Gasteiger partial charge on any atom is -0.507 e. The van der Waals surface area contributed by atoms with Gasteiger partial charge in [-0.05, 0) is 61.3 Å². The molecule has 134 valence electrons. The van der Waals surface area contributed by atoms with Crippen molar-refractivity contribution in [3.05, 3.63) is 28.8 Å². The molecule has 0 radical (unpaired) electrons. The summed E-state index contributed by atoms with van der Waals surface area (Å²) in [5, 5.41) is 10.3. The Labute approximate surface area is 148 Å². The number of amides is 2. The molecule has 0 unspecified atom stereocenters. The highest BCUT2D eigenvalue weighted by Gasteiger charge is 2.42. The average Bonchev–Trinajstić information content (AvgIpc) is 3.37. The summed E-state index contributed by atoms with van der Waals surface area (Å²) < 4.78 is 0. The molecule has 4 rings (SSSR count). The van der Waals surface area contributed by atoms with Crippen molar-refractivity contribution in [1.29, 1.82) is 0 Å². The SMILES string of the molecule is C[C@H]1C[C@H]1C(=O)N1CCN(C(=O)c2cc3c(cc2O)CCCC3)CC1. The molecular formula is C20H26N2O3. The largest absolute Gasteiger partial charge is 0.507 e. The van der Waals surface area contributed by atoms with Gasteiger partial charge in [-0.1, -0.05) is 6.92 Å². The molecular weight excluding hydrogens is 316 g/mol. The highest BCUT2D eigenvalue weighted by Crippen LogP contribution is 2.39. The van der Waals surface area contributed by atoms with Gasteiger partial charge in [0.1, 0.15) is 5.75 Å². The number of aromatic hydroxyl groups is 1. The second-order valence-corrected chi connectivity index (χ2v) is 7.78. The molecule has 0 spiro atoms. The normalized spacial score (nSPS) is 25.5. The van der Waals surface area contributed by atoms with Crippen molar-refractivity contribution in [2.45, 2.75) is 39.0 Å². The van der Waals surface area contributed by atoms with Crippen LogP contribution in [0.3, 0.4) is 0 Å². The van der Waals surface area contributed by atoms with Crippen LogP contribution in [0.5, 0.6) is 5.75 Å². The maximum Gasteiger partial charge on any atom is 0.257 e.